The molecule has 0 heterocycles. The van der Waals surface area contributed by atoms with Crippen molar-refractivity contribution in [1.29, 1.82) is 0 Å². The van der Waals surface area contributed by atoms with E-state index in [9.17, 15) is 10.1 Å². The Hall–Kier alpha value is -1.62. The van der Waals surface area contributed by atoms with Gasteiger partial charge in [-0.2, -0.15) is 0 Å². The highest BCUT2D eigenvalue weighted by Crippen LogP contribution is 2.48. The Morgan fingerprint density at radius 2 is 2.20 bits per heavy atom. The van der Waals surface area contributed by atoms with Gasteiger partial charge in [0.15, 0.2) is 0 Å². The Labute approximate surface area is 118 Å². The maximum atomic E-state index is 10.8. The summed E-state index contributed by atoms with van der Waals surface area (Å²) >= 11 is 0. The normalized spacial score (nSPS) is 27.8. The molecule has 2 N–H and O–H groups in total. The minimum atomic E-state index is -0.404. The quantitative estimate of drug-likeness (QED) is 0.662. The highest BCUT2D eigenvalue weighted by molar-refractivity contribution is 5.43. The Kier molecular flexibility index (Phi) is 3.61. The maximum Gasteiger partial charge on any atom is 0.270 e. The predicted molar refractivity (Wildman–Crippen MR) is 75.4 cm³/mol. The number of non-ortho nitro benzene ring substituents is 1. The molecule has 1 aromatic carbocycles. The third-order valence-corrected chi connectivity index (χ3v) is 4.81. The highest BCUT2D eigenvalue weighted by atomic mass is 16.6. The lowest BCUT2D eigenvalue weighted by Crippen LogP contribution is -2.19. The molecule has 3 atom stereocenters. The number of hydrogen-bond donors (Lipinski definition) is 1. The zero-order valence-corrected chi connectivity index (χ0v) is 11.5. The lowest BCUT2D eigenvalue weighted by atomic mass is 9.89. The number of nitro benzene ring substituents is 1. The number of fused-ring (bicyclic) bond motifs is 2. The Bertz CT molecular complexity index is 518. The molecule has 5 heteroatoms. The minimum absolute atomic E-state index is 0.0673. The third-order valence-electron chi connectivity index (χ3n) is 4.81. The zero-order chi connectivity index (χ0) is 14.1. The molecule has 0 saturated heterocycles. The van der Waals surface area contributed by atoms with Gasteiger partial charge in [0.2, 0.25) is 0 Å². The van der Waals surface area contributed by atoms with Crippen LogP contribution in [0.15, 0.2) is 18.2 Å². The molecule has 2 fully saturated rings. The first-order valence-corrected chi connectivity index (χ1v) is 7.27. The van der Waals surface area contributed by atoms with Crippen molar-refractivity contribution in [1.82, 2.24) is 0 Å². The van der Waals surface area contributed by atoms with Crippen LogP contribution < -0.4 is 10.5 Å². The number of benzene rings is 1. The van der Waals surface area contributed by atoms with Crippen LogP contribution in [0, 0.1) is 27.9 Å². The van der Waals surface area contributed by atoms with Crippen molar-refractivity contribution in [2.75, 3.05) is 6.61 Å². The van der Waals surface area contributed by atoms with E-state index in [0.29, 0.717) is 23.8 Å². The summed E-state index contributed by atoms with van der Waals surface area (Å²) in [6.07, 6.45) is 5.35. The van der Waals surface area contributed by atoms with Crippen molar-refractivity contribution < 1.29 is 9.66 Å². The van der Waals surface area contributed by atoms with Crippen LogP contribution in [0.4, 0.5) is 5.69 Å². The lowest BCUT2D eigenvalue weighted by Gasteiger charge is -2.22. The average molecular weight is 276 g/mol. The Morgan fingerprint density at radius 1 is 1.35 bits per heavy atom. The van der Waals surface area contributed by atoms with E-state index >= 15 is 0 Å². The van der Waals surface area contributed by atoms with Gasteiger partial charge in [-0.1, -0.05) is 6.42 Å². The van der Waals surface area contributed by atoms with Crippen molar-refractivity contribution in [3.05, 3.63) is 33.9 Å². The fourth-order valence-electron chi connectivity index (χ4n) is 3.76. The molecule has 3 unspecified atom stereocenters. The van der Waals surface area contributed by atoms with Gasteiger partial charge >= 0.3 is 0 Å². The first kappa shape index (κ1) is 13.4. The van der Waals surface area contributed by atoms with E-state index in [1.165, 1.54) is 37.8 Å². The standard InChI is InChI=1S/C15H20N2O3/c16-8-12-7-14(17(18)19)3-4-15(12)20-9-13-6-10-1-2-11(13)5-10/h3-4,7,10-11,13H,1-2,5-6,8-9,16H2. The Morgan fingerprint density at radius 3 is 2.80 bits per heavy atom. The van der Waals surface area contributed by atoms with Gasteiger partial charge in [0.1, 0.15) is 5.75 Å². The van der Waals surface area contributed by atoms with E-state index < -0.39 is 4.92 Å². The van der Waals surface area contributed by atoms with E-state index in [1.807, 2.05) is 0 Å². The molecular weight excluding hydrogens is 256 g/mol. The van der Waals surface area contributed by atoms with Gasteiger partial charge < -0.3 is 10.5 Å². The van der Waals surface area contributed by atoms with Crippen LogP contribution in [-0.4, -0.2) is 11.5 Å². The van der Waals surface area contributed by atoms with Crippen LogP contribution >= 0.6 is 0 Å². The van der Waals surface area contributed by atoms with Gasteiger partial charge in [0, 0.05) is 24.2 Å². The van der Waals surface area contributed by atoms with Crippen LogP contribution in [-0.2, 0) is 6.54 Å². The summed E-state index contributed by atoms with van der Waals surface area (Å²) in [4.78, 5) is 10.4. The number of nitrogens with two attached hydrogens (primary N) is 1. The summed E-state index contributed by atoms with van der Waals surface area (Å²) in [5.41, 5.74) is 6.44. The van der Waals surface area contributed by atoms with Gasteiger partial charge in [0.25, 0.3) is 5.69 Å². The molecular formula is C15H20N2O3. The monoisotopic (exact) mass is 276 g/mol. The molecule has 1 aromatic rings. The van der Waals surface area contributed by atoms with E-state index in [0.717, 1.165) is 11.8 Å². The molecule has 0 aliphatic heterocycles. The molecule has 0 spiro atoms. The Balaban J connectivity index is 1.66. The number of rotatable bonds is 5. The van der Waals surface area contributed by atoms with Crippen LogP contribution in [0.2, 0.25) is 0 Å². The lowest BCUT2D eigenvalue weighted by molar-refractivity contribution is -0.384. The van der Waals surface area contributed by atoms with Crippen LogP contribution in [0.25, 0.3) is 0 Å². The molecule has 5 nitrogen and oxygen atoms in total. The van der Waals surface area contributed by atoms with Crippen molar-refractivity contribution in [2.24, 2.45) is 23.5 Å². The van der Waals surface area contributed by atoms with Gasteiger partial charge in [-0.05, 0) is 43.1 Å². The van der Waals surface area contributed by atoms with Crippen molar-refractivity contribution in [3.8, 4) is 5.75 Å². The van der Waals surface area contributed by atoms with E-state index in [2.05, 4.69) is 0 Å². The molecule has 3 rings (SSSR count). The number of nitrogens with zero attached hydrogens (tertiary/aromatic N) is 1. The number of hydrogen-bond acceptors (Lipinski definition) is 4. The second-order valence-electron chi connectivity index (χ2n) is 6.00. The fourth-order valence-corrected chi connectivity index (χ4v) is 3.76. The number of ether oxygens (including phenoxy) is 1. The van der Waals surface area contributed by atoms with Gasteiger partial charge in [-0.25, -0.2) is 0 Å². The molecule has 2 bridgehead atoms. The van der Waals surface area contributed by atoms with Crippen LogP contribution in [0.5, 0.6) is 5.75 Å². The van der Waals surface area contributed by atoms with Crippen molar-refractivity contribution >= 4 is 5.69 Å². The topological polar surface area (TPSA) is 78.4 Å². The maximum absolute atomic E-state index is 10.8. The fraction of sp³-hybridized carbons (Fsp3) is 0.600. The predicted octanol–water partition coefficient (Wildman–Crippen LogP) is 2.87. The highest BCUT2D eigenvalue weighted by Gasteiger charge is 2.39. The molecule has 0 radical (unpaired) electrons. The van der Waals surface area contributed by atoms with E-state index in [-0.39, 0.29) is 12.2 Å². The summed E-state index contributed by atoms with van der Waals surface area (Å²) in [6.45, 7) is 0.972. The van der Waals surface area contributed by atoms with Crippen LogP contribution in [0.1, 0.15) is 31.2 Å². The van der Waals surface area contributed by atoms with E-state index in [4.69, 9.17) is 10.5 Å². The molecule has 108 valence electrons. The average Bonchev–Trinajstić information content (AvgIpc) is 3.07. The van der Waals surface area contributed by atoms with Gasteiger partial charge in [0.05, 0.1) is 11.5 Å². The first-order chi connectivity index (χ1) is 9.67. The molecule has 2 aliphatic rings. The van der Waals surface area contributed by atoms with Gasteiger partial charge in [-0.15, -0.1) is 0 Å². The van der Waals surface area contributed by atoms with Crippen LogP contribution in [0.3, 0.4) is 0 Å². The SMILES string of the molecule is NCc1cc([N+](=O)[O-])ccc1OCC1CC2CCC1C2. The summed E-state index contributed by atoms with van der Waals surface area (Å²) < 4.78 is 5.90. The van der Waals surface area contributed by atoms with Crippen molar-refractivity contribution in [2.45, 2.75) is 32.2 Å². The zero-order valence-electron chi connectivity index (χ0n) is 11.5. The smallest absolute Gasteiger partial charge is 0.270 e. The number of nitro groups is 1. The van der Waals surface area contributed by atoms with E-state index in [1.54, 1.807) is 6.07 Å². The summed E-state index contributed by atoms with van der Waals surface area (Å²) in [5, 5.41) is 10.8. The molecule has 2 saturated carbocycles. The van der Waals surface area contributed by atoms with Crippen molar-refractivity contribution in [3.63, 3.8) is 0 Å². The summed E-state index contributed by atoms with van der Waals surface area (Å²) in [7, 11) is 0. The molecule has 2 aliphatic carbocycles. The third kappa shape index (κ3) is 2.50. The first-order valence-electron chi connectivity index (χ1n) is 7.27. The summed E-state index contributed by atoms with van der Waals surface area (Å²) in [5.74, 6) is 3.06. The summed E-state index contributed by atoms with van der Waals surface area (Å²) in [6, 6.07) is 4.67. The minimum Gasteiger partial charge on any atom is -0.493 e. The second-order valence-corrected chi connectivity index (χ2v) is 6.00. The molecule has 0 amide bonds. The second kappa shape index (κ2) is 5.40. The molecule has 0 aromatic heterocycles. The molecule has 20 heavy (non-hydrogen) atoms. The largest absolute Gasteiger partial charge is 0.493 e. The van der Waals surface area contributed by atoms with Gasteiger partial charge in [-0.3, -0.25) is 10.1 Å².